The van der Waals surface area contributed by atoms with Crippen molar-refractivity contribution in [3.8, 4) is 0 Å². The van der Waals surface area contributed by atoms with Crippen LogP contribution in [0.5, 0.6) is 0 Å². The van der Waals surface area contributed by atoms with E-state index < -0.39 is 0 Å². The third-order valence-electron chi connectivity index (χ3n) is 2.88. The summed E-state index contributed by atoms with van der Waals surface area (Å²) < 4.78 is 0.752. The predicted octanol–water partition coefficient (Wildman–Crippen LogP) is 2.76. The maximum absolute atomic E-state index is 5.06. The molecule has 4 nitrogen and oxygen atoms in total. The van der Waals surface area contributed by atoms with E-state index in [9.17, 15) is 0 Å². The van der Waals surface area contributed by atoms with Crippen LogP contribution in [0.15, 0.2) is 0 Å². The Labute approximate surface area is 113 Å². The third kappa shape index (κ3) is 4.73. The summed E-state index contributed by atoms with van der Waals surface area (Å²) in [6, 6.07) is 0. The molecule has 0 aliphatic carbocycles. The maximum Gasteiger partial charge on any atom is 0.206 e. The molecule has 17 heavy (non-hydrogen) atoms. The highest BCUT2D eigenvalue weighted by atomic mass is 32.1. The van der Waals surface area contributed by atoms with Gasteiger partial charge in [-0.2, -0.15) is 0 Å². The van der Waals surface area contributed by atoms with Gasteiger partial charge in [0.1, 0.15) is 0 Å². The first kappa shape index (κ1) is 14.6. The molecular formula is C11H22N4S2. The van der Waals surface area contributed by atoms with Crippen molar-refractivity contribution in [3.05, 3.63) is 3.95 Å². The molecule has 1 aromatic heterocycles. The van der Waals surface area contributed by atoms with Gasteiger partial charge in [-0.25, -0.2) is 0 Å². The molecule has 0 aliphatic rings. The van der Waals surface area contributed by atoms with Crippen LogP contribution in [0.4, 0.5) is 5.13 Å². The van der Waals surface area contributed by atoms with Crippen molar-refractivity contribution in [1.82, 2.24) is 15.1 Å². The second-order valence-electron chi connectivity index (χ2n) is 3.86. The highest BCUT2D eigenvalue weighted by molar-refractivity contribution is 7.73. The lowest BCUT2D eigenvalue weighted by molar-refractivity contribution is 0.300. The molecule has 1 N–H and O–H groups in total. The zero-order valence-electron chi connectivity index (χ0n) is 10.9. The van der Waals surface area contributed by atoms with Gasteiger partial charge in [0.25, 0.3) is 0 Å². The Morgan fingerprint density at radius 2 is 1.88 bits per heavy atom. The van der Waals surface area contributed by atoms with Crippen LogP contribution in [0.25, 0.3) is 0 Å². The Kier molecular flexibility index (Phi) is 6.69. The van der Waals surface area contributed by atoms with Crippen molar-refractivity contribution in [1.29, 1.82) is 0 Å². The normalized spacial score (nSPS) is 11.1. The molecule has 98 valence electrons. The van der Waals surface area contributed by atoms with Crippen molar-refractivity contribution in [3.63, 3.8) is 0 Å². The van der Waals surface area contributed by atoms with E-state index >= 15 is 0 Å². The van der Waals surface area contributed by atoms with E-state index in [2.05, 4.69) is 40.8 Å². The van der Waals surface area contributed by atoms with Crippen molar-refractivity contribution < 1.29 is 0 Å². The van der Waals surface area contributed by atoms with Gasteiger partial charge in [0.05, 0.1) is 0 Å². The van der Waals surface area contributed by atoms with Crippen LogP contribution in [0, 0.1) is 3.95 Å². The molecule has 0 bridgehead atoms. The summed E-state index contributed by atoms with van der Waals surface area (Å²) in [6.07, 6.45) is 1.17. The Bertz CT molecular complexity index is 356. The van der Waals surface area contributed by atoms with Gasteiger partial charge in [-0.15, -0.1) is 5.10 Å². The molecule has 1 rings (SSSR count). The van der Waals surface area contributed by atoms with Crippen molar-refractivity contribution in [2.24, 2.45) is 0 Å². The Morgan fingerprint density at radius 1 is 1.18 bits per heavy atom. The van der Waals surface area contributed by atoms with Crippen LogP contribution in [0.1, 0.15) is 27.2 Å². The van der Waals surface area contributed by atoms with E-state index in [0.717, 1.165) is 41.8 Å². The molecule has 0 amide bonds. The molecule has 0 saturated heterocycles. The molecule has 0 saturated carbocycles. The fraction of sp³-hybridized carbons (Fsp3) is 0.818. The molecule has 0 aliphatic heterocycles. The SMILES string of the molecule is CCN(CC)CCCN(CC)c1n[nH]c(=S)s1. The van der Waals surface area contributed by atoms with E-state index in [4.69, 9.17) is 12.2 Å². The number of hydrogen-bond acceptors (Lipinski definition) is 5. The van der Waals surface area contributed by atoms with Crippen LogP contribution in [-0.2, 0) is 0 Å². The fourth-order valence-corrected chi connectivity index (χ4v) is 2.74. The summed E-state index contributed by atoms with van der Waals surface area (Å²) in [7, 11) is 0. The van der Waals surface area contributed by atoms with Crippen LogP contribution in [0.3, 0.4) is 0 Å². The second-order valence-corrected chi connectivity index (χ2v) is 5.50. The van der Waals surface area contributed by atoms with Crippen LogP contribution in [0.2, 0.25) is 0 Å². The van der Waals surface area contributed by atoms with E-state index in [-0.39, 0.29) is 0 Å². The van der Waals surface area contributed by atoms with E-state index in [0.29, 0.717) is 0 Å². The quantitative estimate of drug-likeness (QED) is 0.739. The number of aromatic amines is 1. The van der Waals surface area contributed by atoms with Crippen LogP contribution < -0.4 is 4.90 Å². The molecule has 0 radical (unpaired) electrons. The first-order chi connectivity index (χ1) is 8.21. The topological polar surface area (TPSA) is 35.2 Å². The number of rotatable bonds is 8. The second kappa shape index (κ2) is 7.79. The van der Waals surface area contributed by atoms with Gasteiger partial charge >= 0.3 is 0 Å². The number of aromatic nitrogens is 2. The average molecular weight is 274 g/mol. The Morgan fingerprint density at radius 3 is 2.35 bits per heavy atom. The molecule has 0 spiro atoms. The summed E-state index contributed by atoms with van der Waals surface area (Å²) in [5.41, 5.74) is 0. The number of anilines is 1. The summed E-state index contributed by atoms with van der Waals surface area (Å²) in [5.74, 6) is 0. The maximum atomic E-state index is 5.06. The molecular weight excluding hydrogens is 252 g/mol. The fourth-order valence-electron chi connectivity index (χ4n) is 1.77. The summed E-state index contributed by atoms with van der Waals surface area (Å²) in [4.78, 5) is 4.72. The zero-order chi connectivity index (χ0) is 12.7. The van der Waals surface area contributed by atoms with Crippen LogP contribution >= 0.6 is 23.6 Å². The highest BCUT2D eigenvalue weighted by Crippen LogP contribution is 2.17. The van der Waals surface area contributed by atoms with Gasteiger partial charge in [-0.1, -0.05) is 25.2 Å². The van der Waals surface area contributed by atoms with Gasteiger partial charge in [0.15, 0.2) is 3.95 Å². The number of H-pyrrole nitrogens is 1. The average Bonchev–Trinajstić information content (AvgIpc) is 2.76. The summed E-state index contributed by atoms with van der Waals surface area (Å²) in [5, 5.41) is 8.07. The lowest BCUT2D eigenvalue weighted by Crippen LogP contribution is -2.29. The molecule has 0 fully saturated rings. The van der Waals surface area contributed by atoms with Gasteiger partial charge in [0.2, 0.25) is 5.13 Å². The lowest BCUT2D eigenvalue weighted by atomic mass is 10.3. The number of hydrogen-bond donors (Lipinski definition) is 1. The summed E-state index contributed by atoms with van der Waals surface area (Å²) in [6.45, 7) is 12.0. The molecule has 1 heterocycles. The third-order valence-corrected chi connectivity index (χ3v) is 4.03. The van der Waals surface area contributed by atoms with Crippen molar-refractivity contribution in [2.75, 3.05) is 37.6 Å². The van der Waals surface area contributed by atoms with E-state index in [1.807, 2.05) is 0 Å². The molecule has 0 atom stereocenters. The summed E-state index contributed by atoms with van der Waals surface area (Å²) >= 11 is 6.61. The minimum absolute atomic E-state index is 0.752. The van der Waals surface area contributed by atoms with E-state index in [1.54, 1.807) is 11.3 Å². The van der Waals surface area contributed by atoms with Gasteiger partial charge in [-0.05, 0) is 45.2 Å². The largest absolute Gasteiger partial charge is 0.347 e. The monoisotopic (exact) mass is 274 g/mol. The first-order valence-corrected chi connectivity index (χ1v) is 7.46. The molecule has 0 aromatic carbocycles. The smallest absolute Gasteiger partial charge is 0.206 e. The Balaban J connectivity index is 2.40. The Hall–Kier alpha value is -0.460. The van der Waals surface area contributed by atoms with E-state index in [1.165, 1.54) is 6.42 Å². The van der Waals surface area contributed by atoms with Gasteiger partial charge in [-0.3, -0.25) is 5.10 Å². The van der Waals surface area contributed by atoms with Crippen molar-refractivity contribution in [2.45, 2.75) is 27.2 Å². The minimum Gasteiger partial charge on any atom is -0.347 e. The number of nitrogens with one attached hydrogen (secondary N) is 1. The molecule has 1 aromatic rings. The minimum atomic E-state index is 0.752. The van der Waals surface area contributed by atoms with Crippen LogP contribution in [-0.4, -0.2) is 47.8 Å². The zero-order valence-corrected chi connectivity index (χ0v) is 12.5. The predicted molar refractivity (Wildman–Crippen MR) is 77.6 cm³/mol. The van der Waals surface area contributed by atoms with Gasteiger partial charge in [0, 0.05) is 13.1 Å². The molecule has 6 heteroatoms. The number of nitrogens with zero attached hydrogens (tertiary/aromatic N) is 3. The lowest BCUT2D eigenvalue weighted by Gasteiger charge is -2.22. The first-order valence-electron chi connectivity index (χ1n) is 6.24. The van der Waals surface area contributed by atoms with Crippen molar-refractivity contribution >= 4 is 28.7 Å². The van der Waals surface area contributed by atoms with Gasteiger partial charge < -0.3 is 9.80 Å². The molecule has 0 unspecified atom stereocenters. The highest BCUT2D eigenvalue weighted by Gasteiger charge is 2.08. The standard InChI is InChI=1S/C11H22N4S2/c1-4-14(5-2)8-7-9-15(6-3)10-12-13-11(16)17-10/h4-9H2,1-3H3,(H,13,16).